The second-order valence-electron chi connectivity index (χ2n) is 5.88. The molecule has 0 aromatic carbocycles. The van der Waals surface area contributed by atoms with Gasteiger partial charge in [-0.15, -0.1) is 0 Å². The lowest BCUT2D eigenvalue weighted by atomic mass is 10.0. The Morgan fingerprint density at radius 3 is 2.75 bits per heavy atom. The summed E-state index contributed by atoms with van der Waals surface area (Å²) in [7, 11) is 0. The minimum atomic E-state index is 0.0906. The lowest BCUT2D eigenvalue weighted by Crippen LogP contribution is -2.36. The lowest BCUT2D eigenvalue weighted by molar-refractivity contribution is -0.0730. The first kappa shape index (κ1) is 13.4. The Hall–Kier alpha value is -1.60. The maximum Gasteiger partial charge on any atom is 0.232 e. The molecule has 1 aromatic rings. The Bertz CT molecular complexity index is 540. The molecular formula is C16H20N2O2. The molecule has 0 radical (unpaired) electrons. The van der Waals surface area contributed by atoms with Crippen molar-refractivity contribution in [1.82, 2.24) is 4.98 Å². The molecular weight excluding hydrogens is 252 g/mol. The minimum absolute atomic E-state index is 0.0906. The summed E-state index contributed by atoms with van der Waals surface area (Å²) in [6.07, 6.45) is 5.35. The summed E-state index contributed by atoms with van der Waals surface area (Å²) in [5.74, 6) is 0.513. The molecule has 0 spiro atoms. The average Bonchev–Trinajstić information content (AvgIpc) is 2.83. The Kier molecular flexibility index (Phi) is 3.62. The Morgan fingerprint density at radius 2 is 2.05 bits per heavy atom. The number of hydrogen-bond donors (Lipinski definition) is 0. The van der Waals surface area contributed by atoms with Crippen molar-refractivity contribution in [1.29, 1.82) is 5.26 Å². The first-order valence-electron chi connectivity index (χ1n) is 7.40. The molecule has 2 aliphatic rings. The van der Waals surface area contributed by atoms with E-state index in [0.29, 0.717) is 11.4 Å². The third kappa shape index (κ3) is 2.64. The second-order valence-corrected chi connectivity index (χ2v) is 5.88. The van der Waals surface area contributed by atoms with Crippen LogP contribution in [0.2, 0.25) is 0 Å². The molecule has 1 saturated heterocycles. The number of nitriles is 1. The van der Waals surface area contributed by atoms with Gasteiger partial charge in [0, 0.05) is 18.5 Å². The first-order chi connectivity index (χ1) is 9.65. The zero-order valence-electron chi connectivity index (χ0n) is 12.1. The van der Waals surface area contributed by atoms with E-state index in [1.54, 1.807) is 0 Å². The van der Waals surface area contributed by atoms with Crippen LogP contribution in [-0.2, 0) is 17.6 Å². The number of hydrogen-bond acceptors (Lipinski definition) is 4. The normalized spacial score (nSPS) is 28.8. The van der Waals surface area contributed by atoms with Gasteiger partial charge in [-0.3, -0.25) is 0 Å². The van der Waals surface area contributed by atoms with E-state index in [1.165, 1.54) is 5.56 Å². The molecule has 2 unspecified atom stereocenters. The molecule has 3 rings (SSSR count). The fourth-order valence-electron chi connectivity index (χ4n) is 3.22. The van der Waals surface area contributed by atoms with Crippen molar-refractivity contribution in [2.24, 2.45) is 0 Å². The van der Waals surface area contributed by atoms with Gasteiger partial charge in [0.2, 0.25) is 5.88 Å². The van der Waals surface area contributed by atoms with Crippen LogP contribution >= 0.6 is 0 Å². The number of aromatic nitrogens is 1. The highest BCUT2D eigenvalue weighted by Gasteiger charge is 2.27. The Balaban J connectivity index is 1.82. The number of pyridine rings is 1. The van der Waals surface area contributed by atoms with E-state index in [-0.39, 0.29) is 18.3 Å². The second kappa shape index (κ2) is 5.41. The third-order valence-corrected chi connectivity index (χ3v) is 4.07. The predicted molar refractivity (Wildman–Crippen MR) is 74.6 cm³/mol. The van der Waals surface area contributed by atoms with Crippen LogP contribution in [-0.4, -0.2) is 23.3 Å². The van der Waals surface area contributed by atoms with E-state index in [4.69, 9.17) is 9.47 Å². The molecule has 0 amide bonds. The molecule has 4 nitrogen and oxygen atoms in total. The number of fused-ring (bicyclic) bond motifs is 1. The average molecular weight is 272 g/mol. The van der Waals surface area contributed by atoms with Crippen LogP contribution in [0.15, 0.2) is 6.07 Å². The van der Waals surface area contributed by atoms with Crippen LogP contribution in [0.5, 0.6) is 5.88 Å². The Labute approximate surface area is 119 Å². The summed E-state index contributed by atoms with van der Waals surface area (Å²) in [4.78, 5) is 4.58. The summed E-state index contributed by atoms with van der Waals surface area (Å²) in [5, 5.41) is 9.29. The van der Waals surface area contributed by atoms with Crippen molar-refractivity contribution in [3.63, 3.8) is 0 Å². The van der Waals surface area contributed by atoms with Crippen molar-refractivity contribution in [2.45, 2.75) is 64.3 Å². The zero-order chi connectivity index (χ0) is 14.1. The van der Waals surface area contributed by atoms with Gasteiger partial charge >= 0.3 is 0 Å². The number of nitrogens with zero attached hydrogens (tertiary/aromatic N) is 2. The SMILES string of the molecule is CC1CC(Oc2nc3c(cc2C#N)CCC3)CC(C)O1. The van der Waals surface area contributed by atoms with E-state index in [2.05, 4.69) is 24.9 Å². The molecule has 1 aliphatic carbocycles. The number of aryl methyl sites for hydroxylation is 2. The number of rotatable bonds is 2. The van der Waals surface area contributed by atoms with Gasteiger partial charge < -0.3 is 9.47 Å². The zero-order valence-corrected chi connectivity index (χ0v) is 12.1. The van der Waals surface area contributed by atoms with Gasteiger partial charge in [-0.05, 0) is 44.7 Å². The van der Waals surface area contributed by atoms with Crippen molar-refractivity contribution in [2.75, 3.05) is 0 Å². The molecule has 1 aliphatic heterocycles. The fourth-order valence-corrected chi connectivity index (χ4v) is 3.22. The maximum absolute atomic E-state index is 9.29. The fraction of sp³-hybridized carbons (Fsp3) is 0.625. The van der Waals surface area contributed by atoms with Gasteiger partial charge in [0.1, 0.15) is 17.7 Å². The molecule has 0 saturated carbocycles. The highest BCUT2D eigenvalue weighted by Crippen LogP contribution is 2.29. The summed E-state index contributed by atoms with van der Waals surface area (Å²) in [6.45, 7) is 4.13. The van der Waals surface area contributed by atoms with Gasteiger partial charge in [-0.1, -0.05) is 0 Å². The van der Waals surface area contributed by atoms with Crippen LogP contribution in [0.4, 0.5) is 0 Å². The standard InChI is InChI=1S/C16H20N2O2/c1-10-6-14(7-11(2)19-10)20-16-13(9-17)8-12-4-3-5-15(12)18-16/h8,10-11,14H,3-7H2,1-2H3. The van der Waals surface area contributed by atoms with Gasteiger partial charge in [0.25, 0.3) is 0 Å². The van der Waals surface area contributed by atoms with Crippen molar-refractivity contribution < 1.29 is 9.47 Å². The predicted octanol–water partition coefficient (Wildman–Crippen LogP) is 2.78. The molecule has 0 N–H and O–H groups in total. The maximum atomic E-state index is 9.29. The summed E-state index contributed by atoms with van der Waals surface area (Å²) < 4.78 is 11.7. The van der Waals surface area contributed by atoms with E-state index < -0.39 is 0 Å². The van der Waals surface area contributed by atoms with Crippen LogP contribution in [0, 0.1) is 11.3 Å². The molecule has 1 fully saturated rings. The molecule has 106 valence electrons. The highest BCUT2D eigenvalue weighted by molar-refractivity contribution is 5.44. The summed E-state index contributed by atoms with van der Waals surface area (Å²) in [5.41, 5.74) is 2.88. The van der Waals surface area contributed by atoms with Crippen molar-refractivity contribution in [3.05, 3.63) is 22.9 Å². The van der Waals surface area contributed by atoms with Gasteiger partial charge in [-0.25, -0.2) is 4.98 Å². The van der Waals surface area contributed by atoms with Gasteiger partial charge in [0.15, 0.2) is 0 Å². The quantitative estimate of drug-likeness (QED) is 0.830. The van der Waals surface area contributed by atoms with Crippen molar-refractivity contribution in [3.8, 4) is 11.9 Å². The summed E-state index contributed by atoms with van der Waals surface area (Å²) in [6, 6.07) is 4.17. The topological polar surface area (TPSA) is 55.1 Å². The van der Waals surface area contributed by atoms with Crippen molar-refractivity contribution >= 4 is 0 Å². The molecule has 0 bridgehead atoms. The monoisotopic (exact) mass is 272 g/mol. The summed E-state index contributed by atoms with van der Waals surface area (Å²) >= 11 is 0. The minimum Gasteiger partial charge on any atom is -0.473 e. The van der Waals surface area contributed by atoms with E-state index in [0.717, 1.165) is 37.8 Å². The van der Waals surface area contributed by atoms with Crippen LogP contribution in [0.1, 0.15) is 49.9 Å². The highest BCUT2D eigenvalue weighted by atomic mass is 16.5. The molecule has 4 heteroatoms. The smallest absolute Gasteiger partial charge is 0.232 e. The molecule has 1 aromatic heterocycles. The van der Waals surface area contributed by atoms with E-state index in [9.17, 15) is 5.26 Å². The first-order valence-corrected chi connectivity index (χ1v) is 7.40. The molecule has 2 atom stereocenters. The largest absolute Gasteiger partial charge is 0.473 e. The van der Waals surface area contributed by atoms with Gasteiger partial charge in [0.05, 0.1) is 12.2 Å². The van der Waals surface area contributed by atoms with Crippen LogP contribution < -0.4 is 4.74 Å². The number of ether oxygens (including phenoxy) is 2. The van der Waals surface area contributed by atoms with E-state index in [1.807, 2.05) is 6.07 Å². The third-order valence-electron chi connectivity index (χ3n) is 4.07. The molecule has 2 heterocycles. The van der Waals surface area contributed by atoms with E-state index >= 15 is 0 Å². The van der Waals surface area contributed by atoms with Crippen LogP contribution in [0.25, 0.3) is 0 Å². The van der Waals surface area contributed by atoms with Crippen LogP contribution in [0.3, 0.4) is 0 Å². The lowest BCUT2D eigenvalue weighted by Gasteiger charge is -2.32. The molecule has 20 heavy (non-hydrogen) atoms. The Morgan fingerprint density at radius 1 is 1.30 bits per heavy atom. The van der Waals surface area contributed by atoms with Gasteiger partial charge in [-0.2, -0.15) is 5.26 Å².